The van der Waals surface area contributed by atoms with Crippen LogP contribution in [0.3, 0.4) is 0 Å². The molecule has 21 heavy (non-hydrogen) atoms. The van der Waals surface area contributed by atoms with Crippen LogP contribution in [0.2, 0.25) is 0 Å². The van der Waals surface area contributed by atoms with E-state index in [2.05, 4.69) is 24.3 Å². The van der Waals surface area contributed by atoms with Crippen molar-refractivity contribution in [2.45, 2.75) is 18.9 Å². The monoisotopic (exact) mass is 283 g/mol. The minimum Gasteiger partial charge on any atom is -0.399 e. The smallest absolute Gasteiger partial charge is 0.106 e. The van der Waals surface area contributed by atoms with Crippen molar-refractivity contribution in [3.05, 3.63) is 65.2 Å². The molecular weight excluding hydrogens is 262 g/mol. The van der Waals surface area contributed by atoms with Gasteiger partial charge in [0.05, 0.1) is 19.8 Å². The van der Waals surface area contributed by atoms with Crippen LogP contribution in [0, 0.1) is 0 Å². The van der Waals surface area contributed by atoms with Crippen molar-refractivity contribution in [2.24, 2.45) is 0 Å². The summed E-state index contributed by atoms with van der Waals surface area (Å²) in [5.41, 5.74) is 10.5. The van der Waals surface area contributed by atoms with Gasteiger partial charge in [0.15, 0.2) is 0 Å². The predicted molar refractivity (Wildman–Crippen MR) is 84.2 cm³/mol. The van der Waals surface area contributed by atoms with Crippen molar-refractivity contribution >= 4 is 5.69 Å². The fourth-order valence-corrected chi connectivity index (χ4v) is 2.75. The first-order valence-corrected chi connectivity index (χ1v) is 7.45. The van der Waals surface area contributed by atoms with Gasteiger partial charge in [-0.05, 0) is 35.6 Å². The van der Waals surface area contributed by atoms with E-state index in [1.165, 1.54) is 11.1 Å². The Kier molecular flexibility index (Phi) is 4.53. The first kappa shape index (κ1) is 14.1. The minimum absolute atomic E-state index is 0.0584. The van der Waals surface area contributed by atoms with Gasteiger partial charge >= 0.3 is 0 Å². The topological polar surface area (TPSA) is 44.5 Å². The Bertz CT molecular complexity index is 597. The number of benzene rings is 2. The molecule has 0 radical (unpaired) electrons. The first-order chi connectivity index (χ1) is 10.3. The number of ether oxygens (including phenoxy) is 2. The Morgan fingerprint density at radius 3 is 2.81 bits per heavy atom. The number of fused-ring (bicyclic) bond motifs is 1. The fourth-order valence-electron chi connectivity index (χ4n) is 2.75. The number of hydrogen-bond donors (Lipinski definition) is 1. The quantitative estimate of drug-likeness (QED) is 0.677. The summed E-state index contributed by atoms with van der Waals surface area (Å²) >= 11 is 0. The highest BCUT2D eigenvalue weighted by Crippen LogP contribution is 2.27. The van der Waals surface area contributed by atoms with Crippen molar-refractivity contribution < 1.29 is 9.47 Å². The second-order valence-electron chi connectivity index (χ2n) is 5.33. The van der Waals surface area contributed by atoms with E-state index in [0.29, 0.717) is 13.2 Å². The molecule has 0 saturated carbocycles. The van der Waals surface area contributed by atoms with E-state index in [1.807, 2.05) is 24.3 Å². The third kappa shape index (κ3) is 3.43. The SMILES string of the molecule is Nc1ccccc1CCOCC1OCCc2ccccc21. The molecule has 3 rings (SSSR count). The molecular formula is C18H21NO2. The van der Waals surface area contributed by atoms with Crippen LogP contribution in [-0.4, -0.2) is 19.8 Å². The lowest BCUT2D eigenvalue weighted by atomic mass is 9.98. The van der Waals surface area contributed by atoms with E-state index in [0.717, 1.165) is 30.7 Å². The Morgan fingerprint density at radius 1 is 1.10 bits per heavy atom. The maximum absolute atomic E-state index is 5.93. The van der Waals surface area contributed by atoms with Gasteiger partial charge in [-0.1, -0.05) is 42.5 Å². The van der Waals surface area contributed by atoms with E-state index in [4.69, 9.17) is 15.2 Å². The molecule has 2 aromatic carbocycles. The molecule has 0 spiro atoms. The van der Waals surface area contributed by atoms with Gasteiger partial charge in [-0.3, -0.25) is 0 Å². The number of nitrogen functional groups attached to an aromatic ring is 1. The second-order valence-corrected chi connectivity index (χ2v) is 5.33. The summed E-state index contributed by atoms with van der Waals surface area (Å²) in [6.07, 6.45) is 1.89. The standard InChI is InChI=1S/C18H21NO2/c19-17-8-4-2-6-15(17)9-11-20-13-18-16-7-3-1-5-14(16)10-12-21-18/h1-8,18H,9-13,19H2. The molecule has 1 heterocycles. The summed E-state index contributed by atoms with van der Waals surface area (Å²) in [6.45, 7) is 2.04. The molecule has 0 aliphatic carbocycles. The second kappa shape index (κ2) is 6.74. The molecule has 0 bridgehead atoms. The van der Waals surface area contributed by atoms with E-state index < -0.39 is 0 Å². The third-order valence-electron chi connectivity index (χ3n) is 3.93. The molecule has 1 unspecified atom stereocenters. The summed E-state index contributed by atoms with van der Waals surface area (Å²) in [7, 11) is 0. The van der Waals surface area contributed by atoms with Crippen LogP contribution in [0.4, 0.5) is 5.69 Å². The molecule has 3 nitrogen and oxygen atoms in total. The zero-order valence-electron chi connectivity index (χ0n) is 12.1. The maximum atomic E-state index is 5.93. The molecule has 1 atom stereocenters. The van der Waals surface area contributed by atoms with Gasteiger partial charge < -0.3 is 15.2 Å². The zero-order chi connectivity index (χ0) is 14.5. The van der Waals surface area contributed by atoms with Crippen molar-refractivity contribution in [3.8, 4) is 0 Å². The molecule has 1 aliphatic rings. The van der Waals surface area contributed by atoms with Crippen LogP contribution in [0.15, 0.2) is 48.5 Å². The summed E-state index contributed by atoms with van der Waals surface area (Å²) in [6, 6.07) is 16.4. The van der Waals surface area contributed by atoms with Gasteiger partial charge in [-0.25, -0.2) is 0 Å². The van der Waals surface area contributed by atoms with E-state index in [1.54, 1.807) is 0 Å². The van der Waals surface area contributed by atoms with Crippen LogP contribution >= 0.6 is 0 Å². The van der Waals surface area contributed by atoms with Crippen molar-refractivity contribution in [3.63, 3.8) is 0 Å². The molecule has 0 amide bonds. The average Bonchev–Trinajstić information content (AvgIpc) is 2.53. The Morgan fingerprint density at radius 2 is 1.90 bits per heavy atom. The van der Waals surface area contributed by atoms with E-state index in [9.17, 15) is 0 Å². The van der Waals surface area contributed by atoms with Gasteiger partial charge in [0.25, 0.3) is 0 Å². The zero-order valence-corrected chi connectivity index (χ0v) is 12.1. The van der Waals surface area contributed by atoms with E-state index in [-0.39, 0.29) is 6.10 Å². The minimum atomic E-state index is 0.0584. The number of hydrogen-bond acceptors (Lipinski definition) is 3. The number of nitrogens with two attached hydrogens (primary N) is 1. The van der Waals surface area contributed by atoms with Crippen LogP contribution in [-0.2, 0) is 22.3 Å². The van der Waals surface area contributed by atoms with Gasteiger partial charge in [-0.2, -0.15) is 0 Å². The van der Waals surface area contributed by atoms with Crippen molar-refractivity contribution in [1.29, 1.82) is 0 Å². The highest BCUT2D eigenvalue weighted by Gasteiger charge is 2.20. The summed E-state index contributed by atoms with van der Waals surface area (Å²) in [5.74, 6) is 0. The lowest BCUT2D eigenvalue weighted by molar-refractivity contribution is -0.0243. The first-order valence-electron chi connectivity index (χ1n) is 7.45. The molecule has 1 aliphatic heterocycles. The Labute approximate surface area is 125 Å². The van der Waals surface area contributed by atoms with Gasteiger partial charge in [-0.15, -0.1) is 0 Å². The van der Waals surface area contributed by atoms with Gasteiger partial charge in [0.2, 0.25) is 0 Å². The van der Waals surface area contributed by atoms with Crippen LogP contribution < -0.4 is 5.73 Å². The maximum Gasteiger partial charge on any atom is 0.106 e. The summed E-state index contributed by atoms with van der Waals surface area (Å²) in [4.78, 5) is 0. The largest absolute Gasteiger partial charge is 0.399 e. The molecule has 0 aromatic heterocycles. The van der Waals surface area contributed by atoms with Gasteiger partial charge in [0, 0.05) is 5.69 Å². The number of para-hydroxylation sites is 1. The van der Waals surface area contributed by atoms with Gasteiger partial charge in [0.1, 0.15) is 6.10 Å². The van der Waals surface area contributed by atoms with Crippen LogP contribution in [0.5, 0.6) is 0 Å². The van der Waals surface area contributed by atoms with E-state index >= 15 is 0 Å². The highest BCUT2D eigenvalue weighted by molar-refractivity contribution is 5.46. The van der Waals surface area contributed by atoms with Crippen LogP contribution in [0.1, 0.15) is 22.8 Å². The molecule has 3 heteroatoms. The Balaban J connectivity index is 1.52. The lowest BCUT2D eigenvalue weighted by Crippen LogP contribution is -2.20. The average molecular weight is 283 g/mol. The third-order valence-corrected chi connectivity index (χ3v) is 3.93. The molecule has 0 saturated heterocycles. The van der Waals surface area contributed by atoms with Crippen LogP contribution in [0.25, 0.3) is 0 Å². The molecule has 0 fully saturated rings. The summed E-state index contributed by atoms with van der Waals surface area (Å²) < 4.78 is 11.6. The lowest BCUT2D eigenvalue weighted by Gasteiger charge is -2.25. The normalized spacial score (nSPS) is 17.4. The summed E-state index contributed by atoms with van der Waals surface area (Å²) in [5, 5.41) is 0. The van der Waals surface area contributed by atoms with Crippen molar-refractivity contribution in [2.75, 3.05) is 25.6 Å². The highest BCUT2D eigenvalue weighted by atomic mass is 16.5. The molecule has 2 N–H and O–H groups in total. The Hall–Kier alpha value is -1.84. The molecule has 2 aromatic rings. The number of anilines is 1. The molecule has 110 valence electrons. The number of rotatable bonds is 5. The van der Waals surface area contributed by atoms with Crippen molar-refractivity contribution in [1.82, 2.24) is 0 Å². The predicted octanol–water partition coefficient (Wildman–Crippen LogP) is 3.14. The fraction of sp³-hybridized carbons (Fsp3) is 0.333.